The van der Waals surface area contributed by atoms with Crippen LogP contribution < -0.4 is 4.90 Å². The van der Waals surface area contributed by atoms with Crippen molar-refractivity contribution < 1.29 is 4.42 Å². The van der Waals surface area contributed by atoms with Crippen molar-refractivity contribution in [2.45, 2.75) is 0 Å². The third kappa shape index (κ3) is 5.16. The lowest BCUT2D eigenvalue weighted by molar-refractivity contribution is 0.631. The van der Waals surface area contributed by atoms with E-state index in [4.69, 9.17) is 4.42 Å². The minimum Gasteiger partial charge on any atom is -0.456 e. The second-order valence-corrected chi connectivity index (χ2v) is 11.3. The second kappa shape index (κ2) is 12.1. The van der Waals surface area contributed by atoms with Gasteiger partial charge in [0, 0.05) is 22.3 Å². The summed E-state index contributed by atoms with van der Waals surface area (Å²) >= 11 is 0. The van der Waals surface area contributed by atoms with Crippen LogP contribution in [0.2, 0.25) is 0 Å². The number of furan rings is 1. The normalized spacial score (nSPS) is 11.0. The molecule has 46 heavy (non-hydrogen) atoms. The van der Waals surface area contributed by atoms with Crippen molar-refractivity contribution >= 4 is 28.0 Å². The smallest absolute Gasteiger partial charge is 0.137 e. The Hall–Kier alpha value is -6.12. The minimum absolute atomic E-state index is 0.848. The molecule has 8 aromatic rings. The van der Waals surface area contributed by atoms with Crippen LogP contribution in [0.15, 0.2) is 192 Å². The Morgan fingerprint density at radius 2 is 0.826 bits per heavy atom. The van der Waals surface area contributed by atoms with E-state index in [2.05, 4.69) is 175 Å². The quantitative estimate of drug-likeness (QED) is 0.184. The highest BCUT2D eigenvalue weighted by Gasteiger charge is 2.19. The van der Waals surface area contributed by atoms with Gasteiger partial charge in [0.2, 0.25) is 0 Å². The van der Waals surface area contributed by atoms with Crippen LogP contribution in [0.5, 0.6) is 0 Å². The fraction of sp³-hybridized carbons (Fsp3) is 0. The molecule has 0 unspecified atom stereocenters. The van der Waals surface area contributed by atoms with Gasteiger partial charge in [-0.25, -0.2) is 0 Å². The summed E-state index contributed by atoms with van der Waals surface area (Å²) in [7, 11) is 0. The van der Waals surface area contributed by atoms with Crippen LogP contribution in [0.4, 0.5) is 17.1 Å². The fourth-order valence-corrected chi connectivity index (χ4v) is 6.34. The van der Waals surface area contributed by atoms with E-state index in [1.165, 1.54) is 33.4 Å². The molecule has 0 aliphatic carbocycles. The van der Waals surface area contributed by atoms with Gasteiger partial charge in [-0.2, -0.15) is 0 Å². The monoisotopic (exact) mass is 589 g/mol. The van der Waals surface area contributed by atoms with Crippen molar-refractivity contribution in [2.24, 2.45) is 0 Å². The fourth-order valence-electron chi connectivity index (χ4n) is 6.34. The third-order valence-electron chi connectivity index (χ3n) is 8.52. The van der Waals surface area contributed by atoms with Crippen LogP contribution in [0.3, 0.4) is 0 Å². The zero-order valence-electron chi connectivity index (χ0n) is 25.3. The topological polar surface area (TPSA) is 16.4 Å². The van der Waals surface area contributed by atoms with E-state index in [-0.39, 0.29) is 0 Å². The Kier molecular flexibility index (Phi) is 7.22. The summed E-state index contributed by atoms with van der Waals surface area (Å²) in [4.78, 5) is 2.31. The maximum Gasteiger partial charge on any atom is 0.137 e. The van der Waals surface area contributed by atoms with E-state index < -0.39 is 0 Å². The number of benzene rings is 7. The van der Waals surface area contributed by atoms with E-state index in [0.717, 1.165) is 39.4 Å². The van der Waals surface area contributed by atoms with Crippen molar-refractivity contribution in [2.75, 3.05) is 4.90 Å². The van der Waals surface area contributed by atoms with Crippen LogP contribution in [-0.2, 0) is 0 Å². The zero-order chi connectivity index (χ0) is 30.7. The molecule has 0 amide bonds. The number of hydrogen-bond acceptors (Lipinski definition) is 2. The van der Waals surface area contributed by atoms with Gasteiger partial charge in [-0.05, 0) is 81.9 Å². The molecule has 1 heterocycles. The average molecular weight is 590 g/mol. The maximum atomic E-state index is 6.36. The van der Waals surface area contributed by atoms with Crippen molar-refractivity contribution in [3.8, 4) is 44.7 Å². The van der Waals surface area contributed by atoms with Crippen molar-refractivity contribution in [3.05, 3.63) is 188 Å². The highest BCUT2D eigenvalue weighted by molar-refractivity contribution is 5.93. The Labute approximate surface area is 269 Å². The summed E-state index contributed by atoms with van der Waals surface area (Å²) in [6.07, 6.45) is 0. The average Bonchev–Trinajstić information content (AvgIpc) is 3.58. The molecule has 0 N–H and O–H groups in total. The predicted octanol–water partition coefficient (Wildman–Crippen LogP) is 12.6. The molecular formula is C44H31NO. The van der Waals surface area contributed by atoms with E-state index in [1.54, 1.807) is 0 Å². The van der Waals surface area contributed by atoms with Crippen LogP contribution >= 0.6 is 0 Å². The molecule has 0 spiro atoms. The van der Waals surface area contributed by atoms with Gasteiger partial charge in [-0.3, -0.25) is 0 Å². The van der Waals surface area contributed by atoms with Gasteiger partial charge in [0.15, 0.2) is 0 Å². The molecule has 218 valence electrons. The Bertz CT molecular complexity index is 2220. The zero-order valence-corrected chi connectivity index (χ0v) is 25.3. The van der Waals surface area contributed by atoms with Gasteiger partial charge in [-0.15, -0.1) is 0 Å². The van der Waals surface area contributed by atoms with Crippen molar-refractivity contribution in [1.82, 2.24) is 0 Å². The lowest BCUT2D eigenvalue weighted by Crippen LogP contribution is -2.11. The molecule has 0 saturated carbocycles. The number of para-hydroxylation sites is 3. The highest BCUT2D eigenvalue weighted by Crippen LogP contribution is 2.43. The van der Waals surface area contributed by atoms with E-state index in [0.29, 0.717) is 0 Å². The molecule has 0 aliphatic heterocycles. The van der Waals surface area contributed by atoms with Gasteiger partial charge in [0.05, 0.1) is 5.69 Å². The summed E-state index contributed by atoms with van der Waals surface area (Å²) < 4.78 is 6.36. The van der Waals surface area contributed by atoms with E-state index in [9.17, 15) is 0 Å². The Balaban J connectivity index is 1.23. The van der Waals surface area contributed by atoms with E-state index in [1.807, 2.05) is 18.2 Å². The third-order valence-corrected chi connectivity index (χ3v) is 8.52. The molecule has 8 rings (SSSR count). The summed E-state index contributed by atoms with van der Waals surface area (Å²) in [5.74, 6) is 0.848. The van der Waals surface area contributed by atoms with Gasteiger partial charge in [0.25, 0.3) is 0 Å². The lowest BCUT2D eigenvalue weighted by atomic mass is 9.89. The first-order valence-corrected chi connectivity index (χ1v) is 15.6. The van der Waals surface area contributed by atoms with Crippen molar-refractivity contribution in [1.29, 1.82) is 0 Å². The predicted molar refractivity (Wildman–Crippen MR) is 193 cm³/mol. The SMILES string of the molecule is c1ccc(-c2ccccc2-c2ccccc2-c2ccc(N(c3ccccc3)c3ccccc3-c3cc4ccccc4o3)cc2)cc1. The summed E-state index contributed by atoms with van der Waals surface area (Å²) in [5.41, 5.74) is 12.4. The van der Waals surface area contributed by atoms with Crippen LogP contribution in [0.1, 0.15) is 0 Å². The van der Waals surface area contributed by atoms with E-state index >= 15 is 0 Å². The molecule has 0 bridgehead atoms. The summed E-state index contributed by atoms with van der Waals surface area (Å²) in [6.45, 7) is 0. The number of anilines is 3. The van der Waals surface area contributed by atoms with Gasteiger partial charge in [0.1, 0.15) is 11.3 Å². The Morgan fingerprint density at radius 1 is 0.348 bits per heavy atom. The number of fused-ring (bicyclic) bond motifs is 1. The summed E-state index contributed by atoms with van der Waals surface area (Å²) in [5, 5.41) is 1.09. The molecular weight excluding hydrogens is 558 g/mol. The molecule has 0 atom stereocenters. The Morgan fingerprint density at radius 3 is 1.48 bits per heavy atom. The largest absolute Gasteiger partial charge is 0.456 e. The standard InChI is InChI=1S/C44H31NO/c1-3-15-32(16-4-1)37-20-8-10-22-39(37)40-23-11-9-21-38(40)33-27-29-36(30-28-33)45(35-18-5-2-6-19-35)42-25-13-12-24-41(42)44-31-34-17-7-14-26-43(34)46-44/h1-31H. The van der Waals surface area contributed by atoms with Crippen molar-refractivity contribution in [3.63, 3.8) is 0 Å². The van der Waals surface area contributed by atoms with Gasteiger partial charge >= 0.3 is 0 Å². The van der Waals surface area contributed by atoms with Crippen LogP contribution in [-0.4, -0.2) is 0 Å². The molecule has 1 aromatic heterocycles. The molecule has 2 heteroatoms. The van der Waals surface area contributed by atoms with Gasteiger partial charge in [-0.1, -0.05) is 140 Å². The molecule has 7 aromatic carbocycles. The lowest BCUT2D eigenvalue weighted by Gasteiger charge is -2.27. The maximum absolute atomic E-state index is 6.36. The number of nitrogens with zero attached hydrogens (tertiary/aromatic N) is 1. The molecule has 0 saturated heterocycles. The highest BCUT2D eigenvalue weighted by atomic mass is 16.3. The first-order valence-electron chi connectivity index (χ1n) is 15.6. The van der Waals surface area contributed by atoms with Crippen LogP contribution in [0.25, 0.3) is 55.7 Å². The number of rotatable bonds is 7. The molecule has 2 nitrogen and oxygen atoms in total. The minimum atomic E-state index is 0.848. The molecule has 0 radical (unpaired) electrons. The summed E-state index contributed by atoms with van der Waals surface area (Å²) in [6, 6.07) is 66.2. The van der Waals surface area contributed by atoms with Gasteiger partial charge < -0.3 is 9.32 Å². The van der Waals surface area contributed by atoms with Crippen LogP contribution in [0, 0.1) is 0 Å². The second-order valence-electron chi connectivity index (χ2n) is 11.3. The number of hydrogen-bond donors (Lipinski definition) is 0. The molecule has 0 aliphatic rings. The first kappa shape index (κ1) is 27.4. The first-order chi connectivity index (χ1) is 22.8. The molecule has 0 fully saturated rings.